The lowest BCUT2D eigenvalue weighted by Crippen LogP contribution is -2.35. The minimum Gasteiger partial charge on any atom is -0.379 e. The number of aryl methyl sites for hydroxylation is 1. The molecule has 0 radical (unpaired) electrons. The Kier molecular flexibility index (Phi) is 4.72. The van der Waals surface area contributed by atoms with E-state index in [2.05, 4.69) is 32.6 Å². The van der Waals surface area contributed by atoms with Crippen LogP contribution in [0, 0.1) is 0 Å². The monoisotopic (exact) mass is 331 g/mol. The molecule has 2 rings (SSSR count). The molecule has 6 heteroatoms. The molecule has 1 saturated carbocycles. The van der Waals surface area contributed by atoms with Crippen molar-refractivity contribution in [2.75, 3.05) is 11.6 Å². The molecular weight excluding hydrogens is 314 g/mol. The van der Waals surface area contributed by atoms with Gasteiger partial charge in [0.25, 0.3) is 5.56 Å². The highest BCUT2D eigenvalue weighted by Gasteiger charge is 2.25. The van der Waals surface area contributed by atoms with Gasteiger partial charge in [0.2, 0.25) is 0 Å². The maximum absolute atomic E-state index is 11.8. The largest absolute Gasteiger partial charge is 0.379 e. The molecule has 1 aromatic heterocycles. The smallest absolute Gasteiger partial charge is 0.282 e. The van der Waals surface area contributed by atoms with Gasteiger partial charge < -0.3 is 5.32 Å². The SMILES string of the molecule is CSC1CCCCC1Nc1cnn(C)c(=O)c1Br. The number of nitrogens with zero attached hydrogens (tertiary/aromatic N) is 2. The molecule has 0 aliphatic heterocycles. The highest BCUT2D eigenvalue weighted by atomic mass is 79.9. The van der Waals surface area contributed by atoms with Gasteiger partial charge in [-0.3, -0.25) is 4.79 Å². The molecule has 0 aromatic carbocycles. The minimum absolute atomic E-state index is 0.100. The van der Waals surface area contributed by atoms with Crippen LogP contribution in [0.5, 0.6) is 0 Å². The third-order valence-corrected chi connectivity index (χ3v) is 5.36. The highest BCUT2D eigenvalue weighted by molar-refractivity contribution is 9.10. The lowest BCUT2D eigenvalue weighted by molar-refractivity contribution is 0.474. The molecule has 0 amide bonds. The van der Waals surface area contributed by atoms with Crippen LogP contribution in [0.2, 0.25) is 0 Å². The van der Waals surface area contributed by atoms with Crippen molar-refractivity contribution in [2.24, 2.45) is 7.05 Å². The number of halogens is 1. The molecule has 1 aromatic rings. The van der Waals surface area contributed by atoms with E-state index in [9.17, 15) is 4.79 Å². The Labute approximate surface area is 120 Å². The second-order valence-corrected chi connectivity index (χ2v) is 6.48. The van der Waals surface area contributed by atoms with Crippen molar-refractivity contribution in [1.82, 2.24) is 9.78 Å². The van der Waals surface area contributed by atoms with Crippen molar-refractivity contribution < 1.29 is 0 Å². The first kappa shape index (κ1) is 13.9. The second-order valence-electron chi connectivity index (χ2n) is 4.61. The second kappa shape index (κ2) is 6.10. The van der Waals surface area contributed by atoms with Gasteiger partial charge >= 0.3 is 0 Å². The molecule has 0 saturated heterocycles. The van der Waals surface area contributed by atoms with Crippen LogP contribution in [-0.2, 0) is 7.05 Å². The van der Waals surface area contributed by atoms with Crippen LogP contribution in [-0.4, -0.2) is 27.3 Å². The molecule has 4 nitrogen and oxygen atoms in total. The van der Waals surface area contributed by atoms with Gasteiger partial charge in [-0.2, -0.15) is 16.9 Å². The first-order valence-corrected chi connectivity index (χ1v) is 8.22. The van der Waals surface area contributed by atoms with Gasteiger partial charge in [-0.1, -0.05) is 12.8 Å². The van der Waals surface area contributed by atoms with E-state index in [0.717, 1.165) is 12.1 Å². The number of hydrogen-bond acceptors (Lipinski definition) is 4. The molecule has 2 unspecified atom stereocenters. The van der Waals surface area contributed by atoms with Crippen molar-refractivity contribution in [2.45, 2.75) is 37.0 Å². The van der Waals surface area contributed by atoms with Crippen LogP contribution in [0.1, 0.15) is 25.7 Å². The number of aromatic nitrogens is 2. The fourth-order valence-corrected chi connectivity index (χ4v) is 3.76. The lowest BCUT2D eigenvalue weighted by Gasteiger charge is -2.31. The van der Waals surface area contributed by atoms with Gasteiger partial charge in [-0.05, 0) is 35.0 Å². The summed E-state index contributed by atoms with van der Waals surface area (Å²) in [6, 6.07) is 0.430. The summed E-state index contributed by atoms with van der Waals surface area (Å²) in [5.41, 5.74) is 0.709. The zero-order valence-corrected chi connectivity index (χ0v) is 13.1. The molecule has 1 fully saturated rings. The molecule has 1 N–H and O–H groups in total. The standard InChI is InChI=1S/C12H18BrN3OS/c1-16-12(17)11(13)9(7-14-16)15-8-5-3-4-6-10(8)18-2/h7-8,10,15H,3-6H2,1-2H3. The lowest BCUT2D eigenvalue weighted by atomic mass is 9.95. The normalized spacial score (nSPS) is 23.9. The van der Waals surface area contributed by atoms with Crippen LogP contribution in [0.4, 0.5) is 5.69 Å². The summed E-state index contributed by atoms with van der Waals surface area (Å²) in [6.45, 7) is 0. The van der Waals surface area contributed by atoms with Gasteiger partial charge in [0.1, 0.15) is 4.47 Å². The van der Waals surface area contributed by atoms with Gasteiger partial charge in [0.05, 0.1) is 11.9 Å². The molecule has 0 spiro atoms. The van der Waals surface area contributed by atoms with Crippen LogP contribution < -0.4 is 10.9 Å². The quantitative estimate of drug-likeness (QED) is 0.924. The third-order valence-electron chi connectivity index (χ3n) is 3.42. The summed E-state index contributed by atoms with van der Waals surface area (Å²) in [4.78, 5) is 11.8. The van der Waals surface area contributed by atoms with Gasteiger partial charge in [0.15, 0.2) is 0 Å². The Bertz CT molecular complexity index is 477. The summed E-state index contributed by atoms with van der Waals surface area (Å²) < 4.78 is 1.91. The average molecular weight is 332 g/mol. The van der Waals surface area contributed by atoms with Gasteiger partial charge in [0, 0.05) is 18.3 Å². The van der Waals surface area contributed by atoms with E-state index in [0.29, 0.717) is 15.8 Å². The molecule has 0 bridgehead atoms. The molecule has 100 valence electrons. The molecule has 2 atom stereocenters. The first-order chi connectivity index (χ1) is 8.63. The Balaban J connectivity index is 2.18. The summed E-state index contributed by atoms with van der Waals surface area (Å²) in [7, 11) is 1.65. The number of hydrogen-bond donors (Lipinski definition) is 1. The zero-order chi connectivity index (χ0) is 13.1. The van der Waals surface area contributed by atoms with Crippen molar-refractivity contribution >= 4 is 33.4 Å². The van der Waals surface area contributed by atoms with Crippen LogP contribution >= 0.6 is 27.7 Å². The number of rotatable bonds is 3. The molecule has 1 aliphatic rings. The van der Waals surface area contributed by atoms with Crippen molar-refractivity contribution in [3.8, 4) is 0 Å². The highest BCUT2D eigenvalue weighted by Crippen LogP contribution is 2.30. The fraction of sp³-hybridized carbons (Fsp3) is 0.667. The Morgan fingerprint density at radius 2 is 2.22 bits per heavy atom. The molecule has 1 aliphatic carbocycles. The predicted octanol–water partition coefficient (Wildman–Crippen LogP) is 2.63. The van der Waals surface area contributed by atoms with Gasteiger partial charge in [-0.15, -0.1) is 0 Å². The zero-order valence-electron chi connectivity index (χ0n) is 10.6. The first-order valence-electron chi connectivity index (χ1n) is 6.14. The Hall–Kier alpha value is -0.490. The fourth-order valence-electron chi connectivity index (χ4n) is 2.36. The molecular formula is C12H18BrN3OS. The minimum atomic E-state index is -0.100. The summed E-state index contributed by atoms with van der Waals surface area (Å²) in [6.07, 6.45) is 8.84. The summed E-state index contributed by atoms with van der Waals surface area (Å²) in [5.74, 6) is 0. The van der Waals surface area contributed by atoms with Crippen molar-refractivity contribution in [1.29, 1.82) is 0 Å². The van der Waals surface area contributed by atoms with Crippen LogP contribution in [0.15, 0.2) is 15.5 Å². The van der Waals surface area contributed by atoms with Crippen molar-refractivity contribution in [3.63, 3.8) is 0 Å². The third kappa shape index (κ3) is 2.91. The number of nitrogens with one attached hydrogen (secondary N) is 1. The number of thioether (sulfide) groups is 1. The summed E-state index contributed by atoms with van der Waals surface area (Å²) >= 11 is 5.26. The predicted molar refractivity (Wildman–Crippen MR) is 80.4 cm³/mol. The Morgan fingerprint density at radius 1 is 1.50 bits per heavy atom. The molecule has 18 heavy (non-hydrogen) atoms. The van der Waals surface area contributed by atoms with E-state index in [-0.39, 0.29) is 5.56 Å². The maximum atomic E-state index is 11.8. The average Bonchev–Trinajstić information content (AvgIpc) is 2.40. The van der Waals surface area contributed by atoms with Crippen molar-refractivity contribution in [3.05, 3.63) is 21.0 Å². The maximum Gasteiger partial charge on any atom is 0.282 e. The van der Waals surface area contributed by atoms with E-state index < -0.39 is 0 Å². The van der Waals surface area contributed by atoms with E-state index >= 15 is 0 Å². The van der Waals surface area contributed by atoms with E-state index in [1.54, 1.807) is 13.2 Å². The van der Waals surface area contributed by atoms with E-state index in [1.807, 2.05) is 11.8 Å². The Morgan fingerprint density at radius 3 is 2.94 bits per heavy atom. The van der Waals surface area contributed by atoms with Crippen LogP contribution in [0.3, 0.4) is 0 Å². The van der Waals surface area contributed by atoms with E-state index in [4.69, 9.17) is 0 Å². The van der Waals surface area contributed by atoms with Crippen LogP contribution in [0.25, 0.3) is 0 Å². The van der Waals surface area contributed by atoms with Gasteiger partial charge in [-0.25, -0.2) is 4.68 Å². The number of anilines is 1. The summed E-state index contributed by atoms with van der Waals surface area (Å²) in [5, 5.41) is 8.16. The topological polar surface area (TPSA) is 46.9 Å². The van der Waals surface area contributed by atoms with E-state index in [1.165, 1.54) is 23.9 Å². The molecule has 1 heterocycles.